The Morgan fingerprint density at radius 3 is 1.35 bits per heavy atom. The lowest BCUT2D eigenvalue weighted by atomic mass is 9.67. The molecule has 4 heteroatoms. The maximum atomic E-state index is 6.17. The predicted molar refractivity (Wildman–Crippen MR) is 182 cm³/mol. The molecule has 2 unspecified atom stereocenters. The Morgan fingerprint density at radius 2 is 0.930 bits per heavy atom. The van der Waals surface area contributed by atoms with Crippen LogP contribution in [-0.2, 0) is 5.41 Å². The number of hydrogen-bond acceptors (Lipinski definition) is 4. The molecular weight excluding hydrogens is 565 g/mol. The minimum Gasteiger partial charge on any atom is -0.492 e. The molecule has 2 heterocycles. The van der Waals surface area contributed by atoms with E-state index in [0.717, 1.165) is 24.7 Å². The maximum Gasteiger partial charge on any atom is 0.119 e. The monoisotopic (exact) mass is 594 g/mol. The smallest absolute Gasteiger partial charge is 0.119 e. The van der Waals surface area contributed by atoms with Crippen LogP contribution in [0.3, 0.4) is 0 Å². The lowest BCUT2D eigenvalue weighted by Gasteiger charge is -2.34. The average Bonchev–Trinajstić information content (AvgIpc) is 4.01. The van der Waals surface area contributed by atoms with Crippen molar-refractivity contribution in [1.29, 1.82) is 0 Å². The van der Waals surface area contributed by atoms with Crippen molar-refractivity contribution in [2.45, 2.75) is 15.9 Å². The molecule has 2 atom stereocenters. The highest BCUT2D eigenvalue weighted by Crippen LogP contribution is 2.59. The van der Waals surface area contributed by atoms with Crippen LogP contribution in [-0.4, -0.2) is 35.2 Å². The van der Waals surface area contributed by atoms with E-state index in [4.69, 9.17) is 9.47 Å². The second kappa shape index (κ2) is 10.1. The lowest BCUT2D eigenvalue weighted by Crippen LogP contribution is -2.28. The molecule has 0 bridgehead atoms. The summed E-state index contributed by atoms with van der Waals surface area (Å²) in [5.74, 6) is 4.28. The Bertz CT molecular complexity index is 1840. The number of thioether (sulfide) groups is 2. The van der Waals surface area contributed by atoms with Gasteiger partial charge in [0.25, 0.3) is 0 Å². The van der Waals surface area contributed by atoms with Gasteiger partial charge in [0.1, 0.15) is 24.7 Å². The van der Waals surface area contributed by atoms with Gasteiger partial charge in [-0.15, -0.1) is 0 Å². The predicted octanol–water partition coefficient (Wildman–Crippen LogP) is 9.34. The zero-order valence-electron chi connectivity index (χ0n) is 23.7. The number of rotatable bonds is 8. The van der Waals surface area contributed by atoms with Gasteiger partial charge >= 0.3 is 0 Å². The first-order chi connectivity index (χ1) is 21.3. The van der Waals surface area contributed by atoms with E-state index in [0.29, 0.717) is 10.5 Å². The molecule has 2 fully saturated rings. The Labute approximate surface area is 260 Å². The Morgan fingerprint density at radius 1 is 0.512 bits per heavy atom. The summed E-state index contributed by atoms with van der Waals surface area (Å²) in [6.07, 6.45) is 0. The van der Waals surface area contributed by atoms with Crippen LogP contribution in [0.5, 0.6) is 11.5 Å². The molecule has 0 spiro atoms. The summed E-state index contributed by atoms with van der Waals surface area (Å²) >= 11 is 3.93. The Balaban J connectivity index is 1.31. The minimum absolute atomic E-state index is 0.492. The number of hydrogen-bond donors (Lipinski definition) is 0. The van der Waals surface area contributed by atoms with Crippen LogP contribution < -0.4 is 9.47 Å². The van der Waals surface area contributed by atoms with Crippen molar-refractivity contribution in [3.8, 4) is 22.6 Å². The van der Waals surface area contributed by atoms with E-state index in [9.17, 15) is 0 Å². The number of benzene rings is 6. The maximum absolute atomic E-state index is 6.17. The fourth-order valence-corrected chi connectivity index (χ4v) is 7.74. The van der Waals surface area contributed by atoms with Crippen molar-refractivity contribution < 1.29 is 9.47 Å². The van der Waals surface area contributed by atoms with Gasteiger partial charge in [-0.25, -0.2) is 0 Å². The van der Waals surface area contributed by atoms with E-state index in [1.165, 1.54) is 66.4 Å². The van der Waals surface area contributed by atoms with Gasteiger partial charge in [-0.3, -0.25) is 0 Å². The van der Waals surface area contributed by atoms with Crippen molar-refractivity contribution in [2.75, 3.05) is 24.7 Å². The molecule has 6 aromatic carbocycles. The first-order valence-corrected chi connectivity index (χ1v) is 17.1. The van der Waals surface area contributed by atoms with E-state index < -0.39 is 5.41 Å². The molecule has 0 N–H and O–H groups in total. The molecular formula is C39H30O2S2. The van der Waals surface area contributed by atoms with E-state index in [1.807, 2.05) is 23.5 Å². The normalized spacial score (nSPS) is 19.2. The van der Waals surface area contributed by atoms with Gasteiger partial charge < -0.3 is 9.47 Å². The second-order valence-corrected chi connectivity index (χ2v) is 14.4. The van der Waals surface area contributed by atoms with E-state index in [1.54, 1.807) is 0 Å². The van der Waals surface area contributed by atoms with Crippen molar-refractivity contribution in [3.63, 3.8) is 0 Å². The van der Waals surface area contributed by atoms with Gasteiger partial charge in [-0.05, 0) is 79.2 Å². The quantitative estimate of drug-likeness (QED) is 0.163. The fourth-order valence-electron chi connectivity index (χ4n) is 6.95. The summed E-state index contributed by atoms with van der Waals surface area (Å²) in [4.78, 5) is 0. The van der Waals surface area contributed by atoms with Crippen LogP contribution in [0.15, 0.2) is 121 Å². The van der Waals surface area contributed by atoms with Gasteiger partial charge in [-0.1, -0.05) is 97.1 Å². The molecule has 0 amide bonds. The molecule has 2 nitrogen and oxygen atoms in total. The first kappa shape index (κ1) is 25.6. The zero-order valence-corrected chi connectivity index (χ0v) is 25.3. The van der Waals surface area contributed by atoms with Crippen molar-refractivity contribution in [2.24, 2.45) is 0 Å². The van der Waals surface area contributed by atoms with Crippen molar-refractivity contribution in [1.82, 2.24) is 0 Å². The number of ether oxygens (including phenoxy) is 2. The largest absolute Gasteiger partial charge is 0.492 e. The molecule has 1 aliphatic carbocycles. The third kappa shape index (κ3) is 4.26. The molecule has 3 aliphatic rings. The molecule has 0 saturated carbocycles. The molecule has 2 aliphatic heterocycles. The third-order valence-electron chi connectivity index (χ3n) is 9.17. The summed E-state index contributed by atoms with van der Waals surface area (Å²) in [6, 6.07) is 44.8. The molecule has 210 valence electrons. The Kier molecular flexibility index (Phi) is 6.02. The fraction of sp³-hybridized carbons (Fsp3) is 0.179. The van der Waals surface area contributed by atoms with Gasteiger partial charge in [0, 0.05) is 22.0 Å². The topological polar surface area (TPSA) is 18.5 Å². The van der Waals surface area contributed by atoms with Crippen LogP contribution in [0, 0.1) is 0 Å². The van der Waals surface area contributed by atoms with Crippen molar-refractivity contribution in [3.05, 3.63) is 144 Å². The molecule has 43 heavy (non-hydrogen) atoms. The lowest BCUT2D eigenvalue weighted by molar-refractivity contribution is 0.329. The summed E-state index contributed by atoms with van der Waals surface area (Å²) in [5.41, 5.74) is 7.31. The van der Waals surface area contributed by atoms with Crippen molar-refractivity contribution >= 4 is 45.1 Å². The van der Waals surface area contributed by atoms with Crippen LogP contribution in [0.2, 0.25) is 0 Å². The zero-order chi connectivity index (χ0) is 28.4. The van der Waals surface area contributed by atoms with Gasteiger partial charge in [0.05, 0.1) is 5.41 Å². The highest BCUT2D eigenvalue weighted by Gasteiger charge is 2.47. The van der Waals surface area contributed by atoms with Gasteiger partial charge in [0.15, 0.2) is 0 Å². The van der Waals surface area contributed by atoms with Crippen LogP contribution in [0.25, 0.3) is 32.7 Å². The Hall–Kier alpha value is -3.86. The highest BCUT2D eigenvalue weighted by molar-refractivity contribution is 8.07. The molecule has 0 radical (unpaired) electrons. The van der Waals surface area contributed by atoms with E-state index in [-0.39, 0.29) is 0 Å². The molecule has 2 saturated heterocycles. The second-order valence-electron chi connectivity index (χ2n) is 11.7. The first-order valence-electron chi connectivity index (χ1n) is 15.0. The van der Waals surface area contributed by atoms with Crippen LogP contribution in [0.4, 0.5) is 0 Å². The average molecular weight is 595 g/mol. The molecule has 0 aromatic heterocycles. The van der Waals surface area contributed by atoms with E-state index >= 15 is 0 Å². The third-order valence-corrected chi connectivity index (χ3v) is 11.0. The summed E-state index contributed by atoms with van der Waals surface area (Å²) in [5, 5.41) is 6.39. The van der Waals surface area contributed by atoms with E-state index in [2.05, 4.69) is 121 Å². The SMILES string of the molecule is c1ccc2c3c(ccc2c1)C(c1ccc(OCC2CS2)cc1)(c1ccc(OCC2CS2)cc1)c1ccc2ccccc2c1-3. The number of fused-ring (bicyclic) bond motifs is 7. The summed E-state index contributed by atoms with van der Waals surface area (Å²) < 4.78 is 12.3. The van der Waals surface area contributed by atoms with Crippen LogP contribution >= 0.6 is 23.5 Å². The van der Waals surface area contributed by atoms with Gasteiger partial charge in [0.2, 0.25) is 0 Å². The molecule has 9 rings (SSSR count). The highest BCUT2D eigenvalue weighted by atomic mass is 32.2. The molecule has 6 aromatic rings. The standard InChI is InChI=1S/C39H30O2S2/c1-3-7-33-25(5-1)9-19-35-37(33)38-34-8-4-2-6-26(34)10-20-36(38)39(35,27-11-15-29(16-12-27)40-21-31-23-42-31)28-13-17-30(18-14-28)41-22-32-24-43-32/h1-20,31-32H,21-24H2. The summed E-state index contributed by atoms with van der Waals surface area (Å²) in [7, 11) is 0. The van der Waals surface area contributed by atoms with Gasteiger partial charge in [-0.2, -0.15) is 23.5 Å². The van der Waals surface area contributed by atoms with Crippen LogP contribution in [0.1, 0.15) is 22.3 Å². The summed E-state index contributed by atoms with van der Waals surface area (Å²) in [6.45, 7) is 1.55. The minimum atomic E-state index is -0.492.